The number of esters is 1. The lowest BCUT2D eigenvalue weighted by molar-refractivity contribution is -0.136. The summed E-state index contributed by atoms with van der Waals surface area (Å²) in [6, 6.07) is 12.0. The van der Waals surface area contributed by atoms with Crippen molar-refractivity contribution in [2.75, 3.05) is 11.3 Å². The van der Waals surface area contributed by atoms with Crippen molar-refractivity contribution in [2.24, 2.45) is 0 Å². The quantitative estimate of drug-likeness (QED) is 0.636. The van der Waals surface area contributed by atoms with Crippen molar-refractivity contribution in [1.29, 1.82) is 0 Å². The number of carboxylic acid groups (broad SMARTS) is 1. The smallest absolute Gasteiger partial charge is 0.338 e. The number of aryl methyl sites for hydroxylation is 1. The van der Waals surface area contributed by atoms with E-state index in [1.165, 1.54) is 36.4 Å². The monoisotopic (exact) mass is 391 g/mol. The molecular formula is C19H21NO6S. The number of sulfonamides is 1. The third kappa shape index (κ3) is 6.10. The lowest BCUT2D eigenvalue weighted by atomic mass is 10.1. The van der Waals surface area contributed by atoms with Crippen molar-refractivity contribution in [3.05, 3.63) is 59.7 Å². The third-order valence-corrected chi connectivity index (χ3v) is 5.07. The highest BCUT2D eigenvalue weighted by Crippen LogP contribution is 2.18. The molecule has 0 bridgehead atoms. The summed E-state index contributed by atoms with van der Waals surface area (Å²) in [7, 11) is -3.79. The maximum Gasteiger partial charge on any atom is 0.338 e. The Balaban J connectivity index is 2.05. The summed E-state index contributed by atoms with van der Waals surface area (Å²) in [6.45, 7) is 2.22. The van der Waals surface area contributed by atoms with Gasteiger partial charge < -0.3 is 9.84 Å². The third-order valence-electron chi connectivity index (χ3n) is 3.67. The summed E-state index contributed by atoms with van der Waals surface area (Å²) < 4.78 is 32.3. The van der Waals surface area contributed by atoms with Crippen LogP contribution in [-0.2, 0) is 26.0 Å². The van der Waals surface area contributed by atoms with E-state index in [1.54, 1.807) is 12.1 Å². The highest BCUT2D eigenvalue weighted by Gasteiger charge is 2.15. The maximum atomic E-state index is 12.4. The topological polar surface area (TPSA) is 110 Å². The average Bonchev–Trinajstić information content (AvgIpc) is 2.65. The first kappa shape index (κ1) is 20.4. The van der Waals surface area contributed by atoms with Crippen molar-refractivity contribution >= 4 is 27.6 Å². The van der Waals surface area contributed by atoms with Gasteiger partial charge in [0, 0.05) is 12.1 Å². The first-order chi connectivity index (χ1) is 12.8. The molecule has 2 aromatic rings. The van der Waals surface area contributed by atoms with Crippen LogP contribution in [0, 0.1) is 0 Å². The molecule has 0 aliphatic carbocycles. The van der Waals surface area contributed by atoms with Crippen molar-refractivity contribution in [2.45, 2.75) is 31.1 Å². The minimum Gasteiger partial charge on any atom is -0.481 e. The summed E-state index contributed by atoms with van der Waals surface area (Å²) in [5.41, 5.74) is 1.40. The van der Waals surface area contributed by atoms with Crippen LogP contribution in [-0.4, -0.2) is 32.1 Å². The molecule has 2 N–H and O–H groups in total. The van der Waals surface area contributed by atoms with Crippen LogP contribution in [0.3, 0.4) is 0 Å². The molecule has 0 heterocycles. The Morgan fingerprint density at radius 2 is 1.67 bits per heavy atom. The number of anilines is 1. The van der Waals surface area contributed by atoms with E-state index in [2.05, 4.69) is 4.72 Å². The predicted octanol–water partition coefficient (Wildman–Crippen LogP) is 3.07. The molecule has 0 saturated carbocycles. The number of carbonyl (C=O) groups is 2. The SMILES string of the molecule is CCCOC(=O)c1ccc(NS(=O)(=O)c2ccc(CCC(=O)O)cc2)cc1. The second kappa shape index (κ2) is 9.18. The van der Waals surface area contributed by atoms with E-state index in [9.17, 15) is 18.0 Å². The van der Waals surface area contributed by atoms with Crippen molar-refractivity contribution in [1.82, 2.24) is 0 Å². The molecule has 0 aromatic heterocycles. The van der Waals surface area contributed by atoms with Crippen LogP contribution in [0.15, 0.2) is 53.4 Å². The van der Waals surface area contributed by atoms with Crippen LogP contribution in [0.2, 0.25) is 0 Å². The lowest BCUT2D eigenvalue weighted by Gasteiger charge is -2.09. The molecule has 0 atom stereocenters. The number of carboxylic acids is 1. The number of hydrogen-bond donors (Lipinski definition) is 2. The van der Waals surface area contributed by atoms with Crippen LogP contribution >= 0.6 is 0 Å². The van der Waals surface area contributed by atoms with Gasteiger partial charge in [0.2, 0.25) is 0 Å². The molecule has 0 saturated heterocycles. The highest BCUT2D eigenvalue weighted by molar-refractivity contribution is 7.92. The molecule has 0 aliphatic heterocycles. The van der Waals surface area contributed by atoms with Crippen LogP contribution in [0.1, 0.15) is 35.7 Å². The number of ether oxygens (including phenoxy) is 1. The van der Waals surface area contributed by atoms with Gasteiger partial charge in [-0.15, -0.1) is 0 Å². The van der Waals surface area contributed by atoms with Gasteiger partial charge in [-0.3, -0.25) is 9.52 Å². The van der Waals surface area contributed by atoms with Gasteiger partial charge in [0.1, 0.15) is 0 Å². The van der Waals surface area contributed by atoms with Gasteiger partial charge in [-0.1, -0.05) is 19.1 Å². The Hall–Kier alpha value is -2.87. The van der Waals surface area contributed by atoms with Crippen LogP contribution < -0.4 is 4.72 Å². The number of aliphatic carboxylic acids is 1. The van der Waals surface area contributed by atoms with Gasteiger partial charge in [0.15, 0.2) is 0 Å². The molecule has 7 nitrogen and oxygen atoms in total. The molecule has 0 unspecified atom stereocenters. The average molecular weight is 391 g/mol. The van der Waals surface area contributed by atoms with E-state index in [4.69, 9.17) is 9.84 Å². The van der Waals surface area contributed by atoms with Gasteiger partial charge >= 0.3 is 11.9 Å². The lowest BCUT2D eigenvalue weighted by Crippen LogP contribution is -2.13. The Morgan fingerprint density at radius 3 is 2.22 bits per heavy atom. The van der Waals surface area contributed by atoms with Gasteiger partial charge in [0.05, 0.1) is 17.1 Å². The fourth-order valence-corrected chi connectivity index (χ4v) is 3.31. The summed E-state index contributed by atoms with van der Waals surface area (Å²) in [5.74, 6) is -1.36. The first-order valence-electron chi connectivity index (χ1n) is 8.42. The Labute approximate surface area is 158 Å². The van der Waals surface area contributed by atoms with Crippen LogP contribution in [0.25, 0.3) is 0 Å². The normalized spacial score (nSPS) is 11.0. The minimum absolute atomic E-state index is 0.0165. The standard InChI is InChI=1S/C19H21NO6S/c1-2-13-26-19(23)15-6-8-16(9-7-15)20-27(24,25)17-10-3-14(4-11-17)5-12-18(21)22/h3-4,6-11,20H,2,5,12-13H2,1H3,(H,21,22). The van der Waals surface area contributed by atoms with E-state index in [-0.39, 0.29) is 11.3 Å². The number of rotatable bonds is 9. The Kier molecular flexibility index (Phi) is 6.95. The van der Waals surface area contributed by atoms with Gasteiger partial charge in [-0.05, 0) is 54.8 Å². The first-order valence-corrected chi connectivity index (χ1v) is 9.91. The maximum absolute atomic E-state index is 12.4. The molecule has 0 radical (unpaired) electrons. The summed E-state index contributed by atoms with van der Waals surface area (Å²) >= 11 is 0. The molecule has 0 fully saturated rings. The van der Waals surface area contributed by atoms with Gasteiger partial charge in [-0.25, -0.2) is 13.2 Å². The Morgan fingerprint density at radius 1 is 1.04 bits per heavy atom. The van der Waals surface area contributed by atoms with Crippen LogP contribution in [0.5, 0.6) is 0 Å². The molecular weight excluding hydrogens is 370 g/mol. The molecule has 144 valence electrons. The fourth-order valence-electron chi connectivity index (χ4n) is 2.25. The number of hydrogen-bond acceptors (Lipinski definition) is 5. The van der Waals surface area contributed by atoms with E-state index < -0.39 is 22.0 Å². The zero-order valence-electron chi connectivity index (χ0n) is 14.8. The molecule has 0 aliphatic rings. The Bertz CT molecular complexity index is 889. The number of carbonyl (C=O) groups excluding carboxylic acids is 1. The zero-order chi connectivity index (χ0) is 19.9. The molecule has 2 rings (SSSR count). The molecule has 27 heavy (non-hydrogen) atoms. The molecule has 2 aromatic carbocycles. The second-order valence-electron chi connectivity index (χ2n) is 5.86. The molecule has 8 heteroatoms. The van der Waals surface area contributed by atoms with Crippen molar-refractivity contribution in [3.63, 3.8) is 0 Å². The highest BCUT2D eigenvalue weighted by atomic mass is 32.2. The van der Waals surface area contributed by atoms with Crippen molar-refractivity contribution < 1.29 is 27.9 Å². The van der Waals surface area contributed by atoms with Gasteiger partial charge in [0.25, 0.3) is 10.0 Å². The summed E-state index contributed by atoms with van der Waals surface area (Å²) in [4.78, 5) is 22.4. The van der Waals surface area contributed by atoms with Crippen molar-refractivity contribution in [3.8, 4) is 0 Å². The minimum atomic E-state index is -3.79. The van der Waals surface area contributed by atoms with E-state index in [0.29, 0.717) is 24.3 Å². The number of nitrogens with one attached hydrogen (secondary N) is 1. The molecule has 0 spiro atoms. The zero-order valence-corrected chi connectivity index (χ0v) is 15.7. The largest absolute Gasteiger partial charge is 0.481 e. The molecule has 0 amide bonds. The van der Waals surface area contributed by atoms with E-state index in [0.717, 1.165) is 12.0 Å². The van der Waals surface area contributed by atoms with E-state index in [1.807, 2.05) is 6.92 Å². The predicted molar refractivity (Wildman–Crippen MR) is 100 cm³/mol. The summed E-state index contributed by atoms with van der Waals surface area (Å²) in [6.07, 6.45) is 1.04. The number of benzene rings is 2. The fraction of sp³-hybridized carbons (Fsp3) is 0.263. The second-order valence-corrected chi connectivity index (χ2v) is 7.54. The van der Waals surface area contributed by atoms with E-state index >= 15 is 0 Å². The van der Waals surface area contributed by atoms with Crippen LogP contribution in [0.4, 0.5) is 5.69 Å². The summed E-state index contributed by atoms with van der Waals surface area (Å²) in [5, 5.41) is 8.68. The van der Waals surface area contributed by atoms with Gasteiger partial charge in [-0.2, -0.15) is 0 Å².